The molecule has 4 rings (SSSR count). The Morgan fingerprint density at radius 2 is 1.93 bits per heavy atom. The summed E-state index contributed by atoms with van der Waals surface area (Å²) in [6.07, 6.45) is 6.67. The quantitative estimate of drug-likeness (QED) is 0.561. The summed E-state index contributed by atoms with van der Waals surface area (Å²) in [5.41, 5.74) is 1.21. The molecular weight excluding hydrogens is 378 g/mol. The number of rotatable bonds is 6. The van der Waals surface area contributed by atoms with Crippen molar-refractivity contribution in [3.05, 3.63) is 54.2 Å². The van der Waals surface area contributed by atoms with Crippen molar-refractivity contribution in [1.29, 1.82) is 0 Å². The molecule has 5 nitrogen and oxygen atoms in total. The molecule has 1 aromatic carbocycles. The second-order valence-corrected chi connectivity index (χ2v) is 9.66. The number of piperidine rings is 1. The van der Waals surface area contributed by atoms with Gasteiger partial charge in [-0.3, -0.25) is 4.99 Å². The highest BCUT2D eigenvalue weighted by molar-refractivity contribution is 8.01. The van der Waals surface area contributed by atoms with Gasteiger partial charge in [-0.1, -0.05) is 24.3 Å². The van der Waals surface area contributed by atoms with Gasteiger partial charge in [0.2, 0.25) is 0 Å². The molecule has 2 fully saturated rings. The molecule has 0 radical (unpaired) electrons. The first-order valence-electron chi connectivity index (χ1n) is 10.5. The molecule has 0 amide bonds. The lowest BCUT2D eigenvalue weighted by Gasteiger charge is -2.34. The molecule has 0 spiro atoms. The fourth-order valence-corrected chi connectivity index (χ4v) is 4.97. The fourth-order valence-electron chi connectivity index (χ4n) is 3.73. The molecule has 1 aliphatic carbocycles. The normalized spacial score (nSPS) is 19.1. The number of pyridine rings is 1. The Morgan fingerprint density at radius 1 is 1.17 bits per heavy atom. The van der Waals surface area contributed by atoms with E-state index in [2.05, 4.69) is 74.9 Å². The second-order valence-electron chi connectivity index (χ2n) is 8.12. The standard InChI is InChI=1S/C23H31N5S/c1-18-8-9-21(25-16-18)28-14-10-19(11-15-28)27-22(24-2)26-17-23(12-13-23)29-20-6-4-3-5-7-20/h3-9,16,19H,10-15,17H2,1-2H3,(H2,24,26,27). The summed E-state index contributed by atoms with van der Waals surface area (Å²) in [5.74, 6) is 2.02. The van der Waals surface area contributed by atoms with Crippen LogP contribution in [0.25, 0.3) is 0 Å². The van der Waals surface area contributed by atoms with Crippen LogP contribution < -0.4 is 15.5 Å². The predicted octanol–water partition coefficient (Wildman–Crippen LogP) is 3.85. The Hall–Kier alpha value is -2.21. The molecule has 0 bridgehead atoms. The molecule has 1 aromatic heterocycles. The summed E-state index contributed by atoms with van der Waals surface area (Å²) < 4.78 is 0.319. The van der Waals surface area contributed by atoms with E-state index in [-0.39, 0.29) is 0 Å². The van der Waals surface area contributed by atoms with E-state index in [1.54, 1.807) is 0 Å². The Balaban J connectivity index is 1.23. The van der Waals surface area contributed by atoms with Crippen LogP contribution in [0.2, 0.25) is 0 Å². The van der Waals surface area contributed by atoms with Crippen LogP contribution in [0.5, 0.6) is 0 Å². The summed E-state index contributed by atoms with van der Waals surface area (Å²) in [6, 6.07) is 15.4. The fraction of sp³-hybridized carbons (Fsp3) is 0.478. The van der Waals surface area contributed by atoms with Crippen molar-refractivity contribution in [3.8, 4) is 0 Å². The van der Waals surface area contributed by atoms with Crippen LogP contribution in [0.1, 0.15) is 31.2 Å². The summed E-state index contributed by atoms with van der Waals surface area (Å²) in [4.78, 5) is 12.8. The highest BCUT2D eigenvalue weighted by atomic mass is 32.2. The molecule has 1 saturated carbocycles. The summed E-state index contributed by atoms with van der Waals surface area (Å²) in [7, 11) is 1.87. The van der Waals surface area contributed by atoms with E-state index in [0.717, 1.165) is 44.3 Å². The van der Waals surface area contributed by atoms with Gasteiger partial charge in [0.25, 0.3) is 0 Å². The third-order valence-corrected chi connectivity index (χ3v) is 7.24. The zero-order valence-corrected chi connectivity index (χ0v) is 18.2. The van der Waals surface area contributed by atoms with Crippen LogP contribution in [-0.4, -0.2) is 48.4 Å². The number of aryl methyl sites for hydroxylation is 1. The number of hydrogen-bond acceptors (Lipinski definition) is 4. The molecule has 1 aliphatic heterocycles. The van der Waals surface area contributed by atoms with Crippen molar-refractivity contribution < 1.29 is 0 Å². The van der Waals surface area contributed by atoms with Gasteiger partial charge in [-0.2, -0.15) is 0 Å². The van der Waals surface area contributed by atoms with Crippen molar-refractivity contribution in [3.63, 3.8) is 0 Å². The lowest BCUT2D eigenvalue weighted by molar-refractivity contribution is 0.459. The van der Waals surface area contributed by atoms with E-state index >= 15 is 0 Å². The minimum atomic E-state index is 0.319. The van der Waals surface area contributed by atoms with Crippen LogP contribution in [0.4, 0.5) is 5.82 Å². The molecule has 2 N–H and O–H groups in total. The van der Waals surface area contributed by atoms with Crippen molar-refractivity contribution in [1.82, 2.24) is 15.6 Å². The maximum Gasteiger partial charge on any atom is 0.191 e. The number of aliphatic imine (C=N–C) groups is 1. The molecule has 29 heavy (non-hydrogen) atoms. The molecule has 2 aliphatic rings. The molecule has 1 saturated heterocycles. The third-order valence-electron chi connectivity index (χ3n) is 5.74. The van der Waals surface area contributed by atoms with Gasteiger partial charge in [-0.25, -0.2) is 4.98 Å². The molecule has 154 valence electrons. The van der Waals surface area contributed by atoms with Gasteiger partial charge >= 0.3 is 0 Å². The Bertz CT molecular complexity index is 809. The Kier molecular flexibility index (Phi) is 6.28. The van der Waals surface area contributed by atoms with Gasteiger partial charge < -0.3 is 15.5 Å². The molecule has 0 unspecified atom stereocenters. The topological polar surface area (TPSA) is 52.6 Å². The highest BCUT2D eigenvalue weighted by Gasteiger charge is 2.43. The van der Waals surface area contributed by atoms with E-state index in [1.165, 1.54) is 23.3 Å². The third kappa shape index (κ3) is 5.44. The minimum Gasteiger partial charge on any atom is -0.356 e. The van der Waals surface area contributed by atoms with Gasteiger partial charge in [-0.15, -0.1) is 11.8 Å². The van der Waals surface area contributed by atoms with Crippen LogP contribution in [-0.2, 0) is 0 Å². The van der Waals surface area contributed by atoms with Crippen LogP contribution in [0, 0.1) is 6.92 Å². The van der Waals surface area contributed by atoms with Crippen molar-refractivity contribution in [2.45, 2.75) is 48.3 Å². The zero-order chi connectivity index (χ0) is 20.1. The summed E-state index contributed by atoms with van der Waals surface area (Å²) in [5, 5.41) is 7.21. The average Bonchev–Trinajstić information content (AvgIpc) is 3.52. The van der Waals surface area contributed by atoms with Crippen LogP contribution in [0.3, 0.4) is 0 Å². The first-order valence-corrected chi connectivity index (χ1v) is 11.4. The molecule has 2 heterocycles. The maximum absolute atomic E-state index is 4.57. The predicted molar refractivity (Wildman–Crippen MR) is 123 cm³/mol. The number of hydrogen-bond donors (Lipinski definition) is 2. The molecule has 2 aromatic rings. The van der Waals surface area contributed by atoms with Gasteiger partial charge in [0.15, 0.2) is 5.96 Å². The monoisotopic (exact) mass is 409 g/mol. The Morgan fingerprint density at radius 3 is 2.55 bits per heavy atom. The van der Waals surface area contributed by atoms with E-state index in [1.807, 2.05) is 25.0 Å². The lowest BCUT2D eigenvalue weighted by atomic mass is 10.1. The second kappa shape index (κ2) is 9.08. The number of guanidine groups is 1. The van der Waals surface area contributed by atoms with E-state index in [9.17, 15) is 0 Å². The van der Waals surface area contributed by atoms with Crippen molar-refractivity contribution in [2.75, 3.05) is 31.6 Å². The lowest BCUT2D eigenvalue weighted by Crippen LogP contribution is -2.50. The number of nitrogens with zero attached hydrogens (tertiary/aromatic N) is 3. The number of anilines is 1. The van der Waals surface area contributed by atoms with E-state index in [0.29, 0.717) is 10.8 Å². The van der Waals surface area contributed by atoms with Gasteiger partial charge in [0, 0.05) is 48.6 Å². The van der Waals surface area contributed by atoms with E-state index in [4.69, 9.17) is 0 Å². The molecule has 0 atom stereocenters. The van der Waals surface area contributed by atoms with Gasteiger partial charge in [0.05, 0.1) is 0 Å². The summed E-state index contributed by atoms with van der Waals surface area (Å²) >= 11 is 2.00. The van der Waals surface area contributed by atoms with E-state index < -0.39 is 0 Å². The van der Waals surface area contributed by atoms with Crippen LogP contribution >= 0.6 is 11.8 Å². The number of nitrogens with one attached hydrogen (secondary N) is 2. The number of aromatic nitrogens is 1. The zero-order valence-electron chi connectivity index (χ0n) is 17.4. The average molecular weight is 410 g/mol. The molecule has 6 heteroatoms. The van der Waals surface area contributed by atoms with Gasteiger partial charge in [-0.05, 0) is 56.4 Å². The summed E-state index contributed by atoms with van der Waals surface area (Å²) in [6.45, 7) is 5.09. The van der Waals surface area contributed by atoms with Crippen molar-refractivity contribution in [2.24, 2.45) is 4.99 Å². The smallest absolute Gasteiger partial charge is 0.191 e. The molecular formula is C23H31N5S. The SMILES string of the molecule is CN=C(NCC1(Sc2ccccc2)CC1)NC1CCN(c2ccc(C)cn2)CC1. The Labute approximate surface area is 178 Å². The first kappa shape index (κ1) is 20.1. The maximum atomic E-state index is 4.57. The van der Waals surface area contributed by atoms with Crippen LogP contribution in [0.15, 0.2) is 58.5 Å². The highest BCUT2D eigenvalue weighted by Crippen LogP contribution is 2.51. The minimum absolute atomic E-state index is 0.319. The van der Waals surface area contributed by atoms with Gasteiger partial charge in [0.1, 0.15) is 5.82 Å². The number of thioether (sulfide) groups is 1. The van der Waals surface area contributed by atoms with Crippen molar-refractivity contribution >= 4 is 23.5 Å². The first-order chi connectivity index (χ1) is 14.2. The largest absolute Gasteiger partial charge is 0.356 e. The number of benzene rings is 1.